The van der Waals surface area contributed by atoms with Crippen molar-refractivity contribution < 1.29 is 14.3 Å². The van der Waals surface area contributed by atoms with Crippen molar-refractivity contribution in [3.63, 3.8) is 0 Å². The van der Waals surface area contributed by atoms with Crippen molar-refractivity contribution in [2.75, 3.05) is 20.5 Å². The fourth-order valence-electron chi connectivity index (χ4n) is 1.95. The van der Waals surface area contributed by atoms with Gasteiger partial charge in [0.1, 0.15) is 16.7 Å². The van der Waals surface area contributed by atoms with Crippen LogP contribution < -0.4 is 4.74 Å². The van der Waals surface area contributed by atoms with E-state index in [9.17, 15) is 10.1 Å². The predicted octanol–water partition coefficient (Wildman–Crippen LogP) is 3.80. The molecule has 0 saturated heterocycles. The number of hydrogen-bond donors (Lipinski definition) is 0. The number of ether oxygens (including phenoxy) is 2. The van der Waals surface area contributed by atoms with E-state index in [1.165, 1.54) is 30.2 Å². The maximum Gasteiger partial charge on any atom is 0.348 e. The summed E-state index contributed by atoms with van der Waals surface area (Å²) in [5, 5.41) is 9.45. The summed E-state index contributed by atoms with van der Waals surface area (Å²) in [6, 6.07) is 9.49. The van der Waals surface area contributed by atoms with E-state index in [4.69, 9.17) is 9.47 Å². The molecule has 6 heteroatoms. The molecule has 1 aromatic heterocycles. The molecule has 2 rings (SSSR count). The zero-order valence-corrected chi connectivity index (χ0v) is 13.4. The zero-order chi connectivity index (χ0) is 15.4. The summed E-state index contributed by atoms with van der Waals surface area (Å²) in [7, 11) is 2.91. The van der Waals surface area contributed by atoms with E-state index >= 15 is 0 Å². The molecule has 1 aromatic carbocycles. The Labute approximate surface area is 131 Å². The molecule has 0 radical (unpaired) electrons. The highest BCUT2D eigenvalue weighted by Gasteiger charge is 2.24. The molecule has 1 heterocycles. The molecule has 108 valence electrons. The van der Waals surface area contributed by atoms with Gasteiger partial charge in [0.15, 0.2) is 0 Å². The quantitative estimate of drug-likeness (QED) is 0.633. The molecule has 0 saturated carbocycles. The number of rotatable bonds is 4. The number of thiophene rings is 1. The van der Waals surface area contributed by atoms with Gasteiger partial charge in [0.25, 0.3) is 0 Å². The minimum Gasteiger partial charge on any atom is -0.497 e. The second-order valence-electron chi connectivity index (χ2n) is 4.01. The van der Waals surface area contributed by atoms with Crippen LogP contribution in [0.25, 0.3) is 11.1 Å². The Hall–Kier alpha value is -1.97. The van der Waals surface area contributed by atoms with E-state index in [1.54, 1.807) is 13.2 Å². The van der Waals surface area contributed by atoms with Gasteiger partial charge in [0.2, 0.25) is 0 Å². The van der Waals surface area contributed by atoms with Crippen LogP contribution in [0.4, 0.5) is 0 Å². The predicted molar refractivity (Wildman–Crippen MR) is 84.1 cm³/mol. The second kappa shape index (κ2) is 6.66. The maximum absolute atomic E-state index is 12.0. The molecule has 0 aliphatic rings. The van der Waals surface area contributed by atoms with Gasteiger partial charge < -0.3 is 9.47 Å². The van der Waals surface area contributed by atoms with E-state index in [-0.39, 0.29) is 0 Å². The molecule has 4 nitrogen and oxygen atoms in total. The largest absolute Gasteiger partial charge is 0.497 e. The molecular formula is C15H13NO3S2. The molecule has 0 atom stereocenters. The van der Waals surface area contributed by atoms with Crippen LogP contribution >= 0.6 is 23.1 Å². The number of nitriles is 1. The van der Waals surface area contributed by atoms with Crippen molar-refractivity contribution in [2.45, 2.75) is 4.21 Å². The molecule has 0 aliphatic carbocycles. The first-order valence-corrected chi connectivity index (χ1v) is 8.04. The topological polar surface area (TPSA) is 59.3 Å². The van der Waals surface area contributed by atoms with Crippen molar-refractivity contribution >= 4 is 29.1 Å². The first-order chi connectivity index (χ1) is 10.2. The van der Waals surface area contributed by atoms with Gasteiger partial charge in [-0.3, -0.25) is 0 Å². The van der Waals surface area contributed by atoms with E-state index in [1.807, 2.05) is 24.5 Å². The number of esters is 1. The van der Waals surface area contributed by atoms with E-state index in [0.29, 0.717) is 21.8 Å². The maximum atomic E-state index is 12.0. The number of carbonyl (C=O) groups excluding carboxylic acids is 1. The molecule has 0 fully saturated rings. The summed E-state index contributed by atoms with van der Waals surface area (Å²) in [4.78, 5) is 12.4. The number of benzene rings is 1. The third kappa shape index (κ3) is 2.89. The standard InChI is InChI=1S/C15H13NO3S2/c1-18-10-6-4-5-9(7-10)12-11(8-16)15(20-3)21-13(12)14(17)19-2/h4-7H,1-3H3. The van der Waals surface area contributed by atoms with E-state index in [2.05, 4.69) is 6.07 Å². The normalized spacial score (nSPS) is 10.0. The smallest absolute Gasteiger partial charge is 0.348 e. The van der Waals surface area contributed by atoms with Crippen molar-refractivity contribution in [2.24, 2.45) is 0 Å². The number of nitrogens with zero attached hydrogens (tertiary/aromatic N) is 1. The van der Waals surface area contributed by atoms with Gasteiger partial charge in [-0.25, -0.2) is 4.79 Å². The summed E-state index contributed by atoms with van der Waals surface area (Å²) in [5.41, 5.74) is 1.88. The number of hydrogen-bond acceptors (Lipinski definition) is 6. The Morgan fingerprint density at radius 2 is 2.14 bits per heavy atom. The summed E-state index contributed by atoms with van der Waals surface area (Å²) in [6.07, 6.45) is 1.88. The van der Waals surface area contributed by atoms with Crippen LogP contribution in [0, 0.1) is 11.3 Å². The molecule has 0 aliphatic heterocycles. The fraction of sp³-hybridized carbons (Fsp3) is 0.200. The fourth-order valence-corrected chi connectivity index (χ4v) is 3.81. The average Bonchev–Trinajstić information content (AvgIpc) is 2.92. The minimum absolute atomic E-state index is 0.436. The summed E-state index contributed by atoms with van der Waals surface area (Å²) in [5.74, 6) is 0.235. The van der Waals surface area contributed by atoms with E-state index in [0.717, 1.165) is 9.77 Å². The van der Waals surface area contributed by atoms with Crippen LogP contribution in [0.5, 0.6) is 5.75 Å². The molecular weight excluding hydrogens is 306 g/mol. The van der Waals surface area contributed by atoms with Crippen LogP contribution in [-0.2, 0) is 4.74 Å². The van der Waals surface area contributed by atoms with Crippen LogP contribution in [0.2, 0.25) is 0 Å². The molecule has 0 unspecified atom stereocenters. The summed E-state index contributed by atoms with van der Waals surface area (Å²) < 4.78 is 10.8. The van der Waals surface area contributed by atoms with Gasteiger partial charge in [0.05, 0.1) is 24.0 Å². The van der Waals surface area contributed by atoms with Gasteiger partial charge in [-0.15, -0.1) is 23.1 Å². The monoisotopic (exact) mass is 319 g/mol. The average molecular weight is 319 g/mol. The van der Waals surface area contributed by atoms with Crippen molar-refractivity contribution in [3.05, 3.63) is 34.7 Å². The molecule has 0 bridgehead atoms. The molecule has 0 spiro atoms. The second-order valence-corrected chi connectivity index (χ2v) is 6.10. The highest BCUT2D eigenvalue weighted by atomic mass is 32.2. The van der Waals surface area contributed by atoms with Crippen molar-refractivity contribution in [1.29, 1.82) is 5.26 Å². The zero-order valence-electron chi connectivity index (χ0n) is 11.8. The lowest BCUT2D eigenvalue weighted by Crippen LogP contribution is -2.00. The molecule has 0 amide bonds. The lowest BCUT2D eigenvalue weighted by atomic mass is 10.0. The number of thioether (sulfide) groups is 1. The Balaban J connectivity index is 2.72. The minimum atomic E-state index is -0.436. The van der Waals surface area contributed by atoms with Gasteiger partial charge in [-0.2, -0.15) is 5.26 Å². The third-order valence-electron chi connectivity index (χ3n) is 2.90. The number of methoxy groups -OCH3 is 2. The first kappa shape index (κ1) is 15.4. The third-order valence-corrected chi connectivity index (χ3v) is 5.19. The van der Waals surface area contributed by atoms with E-state index < -0.39 is 5.97 Å². The van der Waals surface area contributed by atoms with Gasteiger partial charge in [-0.1, -0.05) is 12.1 Å². The van der Waals surface area contributed by atoms with Crippen molar-refractivity contribution in [1.82, 2.24) is 0 Å². The molecule has 0 N–H and O–H groups in total. The molecule has 2 aromatic rings. The highest BCUT2D eigenvalue weighted by Crippen LogP contribution is 2.41. The van der Waals surface area contributed by atoms with Gasteiger partial charge in [-0.05, 0) is 24.0 Å². The summed E-state index contributed by atoms with van der Waals surface area (Å²) in [6.45, 7) is 0. The van der Waals surface area contributed by atoms with Gasteiger partial charge >= 0.3 is 5.97 Å². The summed E-state index contributed by atoms with van der Waals surface area (Å²) >= 11 is 2.72. The Morgan fingerprint density at radius 1 is 1.38 bits per heavy atom. The first-order valence-electron chi connectivity index (χ1n) is 5.99. The Morgan fingerprint density at radius 3 is 2.71 bits per heavy atom. The molecule has 21 heavy (non-hydrogen) atoms. The highest BCUT2D eigenvalue weighted by molar-refractivity contribution is 8.00. The lowest BCUT2D eigenvalue weighted by Gasteiger charge is -2.06. The Bertz CT molecular complexity index is 716. The SMILES string of the molecule is COC(=O)c1sc(SC)c(C#N)c1-c1cccc(OC)c1. The van der Waals surface area contributed by atoms with Crippen LogP contribution in [0.1, 0.15) is 15.2 Å². The van der Waals surface area contributed by atoms with Crippen LogP contribution in [-0.4, -0.2) is 26.4 Å². The number of carbonyl (C=O) groups is 1. The van der Waals surface area contributed by atoms with Crippen LogP contribution in [0.15, 0.2) is 28.5 Å². The van der Waals surface area contributed by atoms with Crippen molar-refractivity contribution in [3.8, 4) is 22.9 Å². The van der Waals surface area contributed by atoms with Crippen LogP contribution in [0.3, 0.4) is 0 Å². The Kier molecular flexibility index (Phi) is 4.89. The lowest BCUT2D eigenvalue weighted by molar-refractivity contribution is 0.0607. The van der Waals surface area contributed by atoms with Gasteiger partial charge in [0, 0.05) is 5.56 Å².